The summed E-state index contributed by atoms with van der Waals surface area (Å²) in [5.41, 5.74) is -0.0208. The first kappa shape index (κ1) is 17.6. The molecule has 0 spiro atoms. The van der Waals surface area contributed by atoms with Crippen LogP contribution in [0.3, 0.4) is 0 Å². The van der Waals surface area contributed by atoms with E-state index in [4.69, 9.17) is 0 Å². The Hall–Kier alpha value is -0.480. The highest BCUT2D eigenvalue weighted by Gasteiger charge is 2.22. The summed E-state index contributed by atoms with van der Waals surface area (Å²) < 4.78 is 25.1. The minimum atomic E-state index is -1.11. The molecule has 1 aromatic rings. The quantitative estimate of drug-likeness (QED) is 0.842. The van der Waals surface area contributed by atoms with Gasteiger partial charge in [-0.3, -0.25) is 8.42 Å². The van der Waals surface area contributed by atoms with Crippen molar-refractivity contribution in [3.63, 3.8) is 0 Å². The fourth-order valence-corrected chi connectivity index (χ4v) is 5.26. The lowest BCUT2D eigenvalue weighted by Crippen LogP contribution is -2.20. The van der Waals surface area contributed by atoms with Crippen molar-refractivity contribution in [1.29, 1.82) is 0 Å². The summed E-state index contributed by atoms with van der Waals surface area (Å²) >= 11 is 0. The Morgan fingerprint density at radius 3 is 1.30 bits per heavy atom. The van der Waals surface area contributed by atoms with Gasteiger partial charge in [0.2, 0.25) is 0 Å². The molecular formula is C16H26O2S2. The minimum absolute atomic E-state index is 0.0104. The van der Waals surface area contributed by atoms with Crippen LogP contribution in [-0.2, 0) is 21.6 Å². The normalized spacial score (nSPS) is 15.9. The predicted octanol–water partition coefficient (Wildman–Crippen LogP) is 3.99. The molecule has 0 bridgehead atoms. The molecule has 0 fully saturated rings. The summed E-state index contributed by atoms with van der Waals surface area (Å²) in [4.78, 5) is 1.45. The average molecular weight is 315 g/mol. The lowest BCUT2D eigenvalue weighted by Gasteiger charge is -2.20. The van der Waals surface area contributed by atoms with Gasteiger partial charge < -0.3 is 0 Å². The van der Waals surface area contributed by atoms with Crippen LogP contribution in [0.25, 0.3) is 0 Å². The Kier molecular flexibility index (Phi) is 5.73. The summed E-state index contributed by atoms with van der Waals surface area (Å²) in [6, 6.07) is 7.43. The van der Waals surface area contributed by atoms with Crippen molar-refractivity contribution < 1.29 is 8.42 Å². The van der Waals surface area contributed by atoms with Crippen molar-refractivity contribution >= 4 is 21.6 Å². The Morgan fingerprint density at radius 2 is 1.05 bits per heavy atom. The topological polar surface area (TPSA) is 34.1 Å². The van der Waals surface area contributed by atoms with Crippen LogP contribution in [0.15, 0.2) is 34.1 Å². The first-order valence-corrected chi connectivity index (χ1v) is 9.49. The molecule has 0 aliphatic carbocycles. The van der Waals surface area contributed by atoms with Gasteiger partial charge in [0.25, 0.3) is 0 Å². The molecular weight excluding hydrogens is 288 g/mol. The van der Waals surface area contributed by atoms with Gasteiger partial charge in [-0.1, -0.05) is 53.7 Å². The Balaban J connectivity index is 3.05. The Morgan fingerprint density at radius 1 is 0.750 bits per heavy atom. The largest absolute Gasteiger partial charge is 0.254 e. The number of hydrogen-bond donors (Lipinski definition) is 0. The van der Waals surface area contributed by atoms with Crippen LogP contribution in [0.4, 0.5) is 0 Å². The highest BCUT2D eigenvalue weighted by atomic mass is 32.2. The Bertz CT molecular complexity index is 461. The lowest BCUT2D eigenvalue weighted by molar-refractivity contribution is 0.471. The van der Waals surface area contributed by atoms with E-state index in [0.29, 0.717) is 11.5 Å². The molecule has 0 heterocycles. The highest BCUT2D eigenvalue weighted by molar-refractivity contribution is 7.88. The first-order chi connectivity index (χ1) is 8.99. The third-order valence-corrected chi connectivity index (χ3v) is 6.55. The first-order valence-electron chi connectivity index (χ1n) is 6.85. The molecule has 0 aliphatic heterocycles. The van der Waals surface area contributed by atoms with Crippen LogP contribution in [0.1, 0.15) is 41.5 Å². The maximum Gasteiger partial charge on any atom is 0.0549 e. The van der Waals surface area contributed by atoms with E-state index in [0.717, 1.165) is 9.79 Å². The number of hydrogen-bond acceptors (Lipinski definition) is 2. The summed E-state index contributed by atoms with van der Waals surface area (Å²) in [6.07, 6.45) is 0. The lowest BCUT2D eigenvalue weighted by atomic mass is 10.0. The van der Waals surface area contributed by atoms with Gasteiger partial charge in [0.15, 0.2) is 0 Å². The van der Waals surface area contributed by atoms with E-state index in [1.807, 2.05) is 24.3 Å². The molecule has 0 aliphatic rings. The van der Waals surface area contributed by atoms with Crippen LogP contribution in [0, 0.1) is 10.8 Å². The van der Waals surface area contributed by atoms with Crippen LogP contribution in [0.5, 0.6) is 0 Å². The second-order valence-corrected chi connectivity index (χ2v) is 10.4. The zero-order valence-corrected chi connectivity index (χ0v) is 15.0. The molecule has 4 heteroatoms. The van der Waals surface area contributed by atoms with Crippen LogP contribution >= 0.6 is 0 Å². The summed E-state index contributed by atoms with van der Waals surface area (Å²) in [6.45, 7) is 12.4. The van der Waals surface area contributed by atoms with E-state index in [1.165, 1.54) is 0 Å². The molecule has 2 atom stereocenters. The standard InChI is InChI=1S/C16H26O2S2/c1-15(2,3)11-19(17)13-9-7-8-10-14(13)20(18)12-16(4,5)6/h7-10H,11-12H2,1-6H3. The van der Waals surface area contributed by atoms with E-state index in [1.54, 1.807) is 0 Å². The molecule has 1 rings (SSSR count). The molecule has 20 heavy (non-hydrogen) atoms. The Labute approximate surface area is 128 Å². The van der Waals surface area contributed by atoms with Crippen LogP contribution in [0.2, 0.25) is 0 Å². The third-order valence-electron chi connectivity index (χ3n) is 2.47. The van der Waals surface area contributed by atoms with Crippen LogP contribution < -0.4 is 0 Å². The van der Waals surface area contributed by atoms with Gasteiger partial charge >= 0.3 is 0 Å². The predicted molar refractivity (Wildman–Crippen MR) is 87.9 cm³/mol. The van der Waals surface area contributed by atoms with E-state index in [-0.39, 0.29) is 10.8 Å². The molecule has 2 unspecified atom stereocenters. The SMILES string of the molecule is CC(C)(C)CS(=O)c1ccccc1S(=O)CC(C)(C)C. The van der Waals surface area contributed by atoms with E-state index in [9.17, 15) is 8.42 Å². The van der Waals surface area contributed by atoms with Gasteiger partial charge in [0.05, 0.1) is 31.4 Å². The molecule has 0 radical (unpaired) electrons. The van der Waals surface area contributed by atoms with E-state index < -0.39 is 21.6 Å². The van der Waals surface area contributed by atoms with E-state index >= 15 is 0 Å². The molecule has 0 saturated heterocycles. The van der Waals surface area contributed by atoms with Crippen molar-refractivity contribution in [2.24, 2.45) is 10.8 Å². The molecule has 0 amide bonds. The van der Waals surface area contributed by atoms with Gasteiger partial charge in [0, 0.05) is 11.5 Å². The fraction of sp³-hybridized carbons (Fsp3) is 0.625. The maximum atomic E-state index is 12.5. The van der Waals surface area contributed by atoms with Crippen molar-refractivity contribution in [2.75, 3.05) is 11.5 Å². The summed E-state index contributed by atoms with van der Waals surface area (Å²) in [7, 11) is -2.21. The highest BCUT2D eigenvalue weighted by Crippen LogP contribution is 2.26. The van der Waals surface area contributed by atoms with Gasteiger partial charge in [-0.05, 0) is 23.0 Å². The van der Waals surface area contributed by atoms with Crippen molar-refractivity contribution in [2.45, 2.75) is 51.3 Å². The number of benzene rings is 1. The summed E-state index contributed by atoms with van der Waals surface area (Å²) in [5.74, 6) is 1.16. The molecule has 2 nitrogen and oxygen atoms in total. The van der Waals surface area contributed by atoms with Gasteiger partial charge in [0.1, 0.15) is 0 Å². The minimum Gasteiger partial charge on any atom is -0.254 e. The number of rotatable bonds is 4. The van der Waals surface area contributed by atoms with Crippen LogP contribution in [-0.4, -0.2) is 19.9 Å². The van der Waals surface area contributed by atoms with Crippen molar-refractivity contribution in [1.82, 2.24) is 0 Å². The second-order valence-electron chi connectivity index (χ2n) is 7.55. The third kappa shape index (κ3) is 5.88. The van der Waals surface area contributed by atoms with Gasteiger partial charge in [-0.25, -0.2) is 0 Å². The molecule has 0 saturated carbocycles. The second kappa shape index (κ2) is 6.52. The monoisotopic (exact) mass is 314 g/mol. The summed E-state index contributed by atoms with van der Waals surface area (Å²) in [5, 5.41) is 0. The average Bonchev–Trinajstić information content (AvgIpc) is 2.24. The van der Waals surface area contributed by atoms with Gasteiger partial charge in [-0.2, -0.15) is 0 Å². The fourth-order valence-electron chi connectivity index (χ4n) is 1.77. The zero-order chi connectivity index (χ0) is 15.6. The molecule has 114 valence electrons. The van der Waals surface area contributed by atoms with Crippen molar-refractivity contribution in [3.8, 4) is 0 Å². The molecule has 1 aromatic carbocycles. The smallest absolute Gasteiger partial charge is 0.0549 e. The maximum absolute atomic E-state index is 12.5. The van der Waals surface area contributed by atoms with E-state index in [2.05, 4.69) is 41.5 Å². The van der Waals surface area contributed by atoms with Crippen molar-refractivity contribution in [3.05, 3.63) is 24.3 Å². The zero-order valence-electron chi connectivity index (χ0n) is 13.4. The van der Waals surface area contributed by atoms with Gasteiger partial charge in [-0.15, -0.1) is 0 Å². The molecule has 0 aromatic heterocycles. The molecule has 0 N–H and O–H groups in total.